The van der Waals surface area contributed by atoms with Crippen molar-refractivity contribution in [3.8, 4) is 0 Å². The van der Waals surface area contributed by atoms with Crippen molar-refractivity contribution in [1.82, 2.24) is 16.0 Å². The number of primary amides is 1. The van der Waals surface area contributed by atoms with Crippen molar-refractivity contribution in [2.75, 3.05) is 5.75 Å². The molecule has 34 heavy (non-hydrogen) atoms. The third kappa shape index (κ3) is 9.79. The summed E-state index contributed by atoms with van der Waals surface area (Å²) in [7, 11) is 0. The highest BCUT2D eigenvalue weighted by atomic mass is 32.1. The van der Waals surface area contributed by atoms with Gasteiger partial charge in [0.2, 0.25) is 23.6 Å². The van der Waals surface area contributed by atoms with E-state index in [2.05, 4.69) is 28.6 Å². The quantitative estimate of drug-likeness (QED) is 0.160. The summed E-state index contributed by atoms with van der Waals surface area (Å²) in [6.45, 7) is 3.34. The van der Waals surface area contributed by atoms with Crippen LogP contribution >= 0.6 is 12.6 Å². The lowest BCUT2D eigenvalue weighted by Crippen LogP contribution is -2.59. The second-order valence-electron chi connectivity index (χ2n) is 8.17. The number of carbonyl (C=O) groups is 5. The fourth-order valence-corrected chi connectivity index (χ4v) is 3.18. The molecular formula is C22H33N5O6S. The summed E-state index contributed by atoms with van der Waals surface area (Å²) in [5.74, 6) is -4.33. The van der Waals surface area contributed by atoms with Gasteiger partial charge in [0.05, 0.1) is 6.04 Å². The molecule has 0 spiro atoms. The Balaban J connectivity index is 3.02. The highest BCUT2D eigenvalue weighted by Gasteiger charge is 2.32. The molecule has 11 nitrogen and oxygen atoms in total. The summed E-state index contributed by atoms with van der Waals surface area (Å²) in [6, 6.07) is 4.52. The van der Waals surface area contributed by atoms with Gasteiger partial charge in [0.1, 0.15) is 18.1 Å². The molecule has 1 rings (SSSR count). The predicted molar refractivity (Wildman–Crippen MR) is 129 cm³/mol. The summed E-state index contributed by atoms with van der Waals surface area (Å²) in [4.78, 5) is 60.7. The number of amides is 4. The van der Waals surface area contributed by atoms with Gasteiger partial charge in [-0.05, 0) is 17.9 Å². The Bertz CT molecular complexity index is 867. The number of hydrogen-bond acceptors (Lipinski definition) is 7. The summed E-state index contributed by atoms with van der Waals surface area (Å²) in [6.07, 6.45) is -0.281. The second-order valence-corrected chi connectivity index (χ2v) is 8.54. The van der Waals surface area contributed by atoms with E-state index in [1.165, 1.54) is 0 Å². The third-order valence-corrected chi connectivity index (χ3v) is 5.38. The first kappa shape index (κ1) is 28.9. The van der Waals surface area contributed by atoms with E-state index in [-0.39, 0.29) is 25.0 Å². The van der Waals surface area contributed by atoms with Gasteiger partial charge in [-0.1, -0.05) is 44.2 Å². The van der Waals surface area contributed by atoms with Crippen molar-refractivity contribution in [2.45, 2.75) is 57.3 Å². The van der Waals surface area contributed by atoms with Crippen LogP contribution < -0.4 is 27.4 Å². The standard InChI is InChI=1S/C22H33N5O6S/c1-12(2)18(21(31)25-15(22(32)33)8-9-17(24)28)27-20(30)16(26-19(29)14(23)11-34)10-13-6-4-3-5-7-13/h3-7,12,14-16,18,34H,8-11,23H2,1-2H3,(H2,24,28)(H,25,31)(H,26,29)(H,27,30)(H,32,33). The molecule has 0 fully saturated rings. The lowest BCUT2D eigenvalue weighted by atomic mass is 10.00. The van der Waals surface area contributed by atoms with E-state index in [4.69, 9.17) is 11.5 Å². The fraction of sp³-hybridized carbons (Fsp3) is 0.500. The molecule has 0 bridgehead atoms. The molecule has 1 aromatic carbocycles. The van der Waals surface area contributed by atoms with Crippen LogP contribution in [0, 0.1) is 5.92 Å². The number of hydrogen-bond donors (Lipinski definition) is 7. The van der Waals surface area contributed by atoms with Crippen molar-refractivity contribution in [2.24, 2.45) is 17.4 Å². The molecule has 0 aromatic heterocycles. The molecular weight excluding hydrogens is 462 g/mol. The monoisotopic (exact) mass is 495 g/mol. The number of benzene rings is 1. The maximum absolute atomic E-state index is 13.1. The van der Waals surface area contributed by atoms with E-state index in [1.807, 2.05) is 6.07 Å². The SMILES string of the molecule is CC(C)C(NC(=O)C(Cc1ccccc1)NC(=O)C(N)CS)C(=O)NC(CCC(N)=O)C(=O)O. The summed E-state index contributed by atoms with van der Waals surface area (Å²) >= 11 is 4.00. The van der Waals surface area contributed by atoms with E-state index in [0.29, 0.717) is 0 Å². The largest absolute Gasteiger partial charge is 0.480 e. The van der Waals surface area contributed by atoms with Gasteiger partial charge < -0.3 is 32.5 Å². The Morgan fingerprint density at radius 1 is 0.941 bits per heavy atom. The lowest BCUT2D eigenvalue weighted by Gasteiger charge is -2.27. The topological polar surface area (TPSA) is 194 Å². The number of carbonyl (C=O) groups excluding carboxylic acids is 4. The number of rotatable bonds is 14. The van der Waals surface area contributed by atoms with Gasteiger partial charge in [0.15, 0.2) is 0 Å². The Morgan fingerprint density at radius 2 is 1.53 bits per heavy atom. The average Bonchev–Trinajstić information content (AvgIpc) is 2.78. The van der Waals surface area contributed by atoms with Crippen LogP contribution in [0.1, 0.15) is 32.3 Å². The van der Waals surface area contributed by atoms with E-state index in [0.717, 1.165) is 5.56 Å². The van der Waals surface area contributed by atoms with E-state index in [1.54, 1.807) is 38.1 Å². The van der Waals surface area contributed by atoms with E-state index in [9.17, 15) is 29.1 Å². The number of thiol groups is 1. The smallest absolute Gasteiger partial charge is 0.326 e. The van der Waals surface area contributed by atoms with Crippen molar-refractivity contribution >= 4 is 42.2 Å². The Hall–Kier alpha value is -3.12. The van der Waals surface area contributed by atoms with Gasteiger partial charge in [-0.25, -0.2) is 4.79 Å². The third-order valence-electron chi connectivity index (χ3n) is 4.99. The number of carboxylic acids is 1. The molecule has 4 atom stereocenters. The van der Waals surface area contributed by atoms with Gasteiger partial charge in [0, 0.05) is 18.6 Å². The first-order valence-corrected chi connectivity index (χ1v) is 11.4. The lowest BCUT2D eigenvalue weighted by molar-refractivity contribution is -0.143. The van der Waals surface area contributed by atoms with Gasteiger partial charge in [0.25, 0.3) is 0 Å². The van der Waals surface area contributed by atoms with Crippen LogP contribution in [0.2, 0.25) is 0 Å². The molecule has 12 heteroatoms. The predicted octanol–water partition coefficient (Wildman–Crippen LogP) is -1.05. The molecule has 4 amide bonds. The number of nitrogens with two attached hydrogens (primary N) is 2. The summed E-state index contributed by atoms with van der Waals surface area (Å²) < 4.78 is 0. The molecule has 8 N–H and O–H groups in total. The normalized spacial score (nSPS) is 14.4. The number of nitrogens with one attached hydrogen (secondary N) is 3. The second kappa shape index (κ2) is 14.2. The zero-order valence-electron chi connectivity index (χ0n) is 19.2. The summed E-state index contributed by atoms with van der Waals surface area (Å²) in [5, 5.41) is 16.9. The molecule has 0 aliphatic rings. The average molecular weight is 496 g/mol. The Kier molecular flexibility index (Phi) is 12.1. The van der Waals surface area contributed by atoms with Crippen LogP contribution in [0.5, 0.6) is 0 Å². The van der Waals surface area contributed by atoms with Gasteiger partial charge in [-0.2, -0.15) is 12.6 Å². The van der Waals surface area contributed by atoms with Crippen molar-refractivity contribution in [3.05, 3.63) is 35.9 Å². The van der Waals surface area contributed by atoms with E-state index < -0.39 is 59.7 Å². The van der Waals surface area contributed by atoms with Crippen LogP contribution in [0.4, 0.5) is 0 Å². The molecule has 0 saturated heterocycles. The van der Waals surface area contributed by atoms with Crippen molar-refractivity contribution in [1.29, 1.82) is 0 Å². The number of carboxylic acid groups (broad SMARTS) is 1. The molecule has 188 valence electrons. The molecule has 0 heterocycles. The van der Waals surface area contributed by atoms with Crippen LogP contribution in [0.15, 0.2) is 30.3 Å². The number of aliphatic carboxylic acids is 1. The Labute approximate surface area is 203 Å². The highest BCUT2D eigenvalue weighted by Crippen LogP contribution is 2.08. The maximum Gasteiger partial charge on any atom is 0.326 e. The van der Waals surface area contributed by atoms with Gasteiger partial charge in [-0.3, -0.25) is 19.2 Å². The molecule has 0 aliphatic carbocycles. The molecule has 0 aliphatic heterocycles. The van der Waals surface area contributed by atoms with Gasteiger partial charge >= 0.3 is 5.97 Å². The maximum atomic E-state index is 13.1. The van der Waals surface area contributed by atoms with Gasteiger partial charge in [-0.15, -0.1) is 0 Å². The first-order chi connectivity index (χ1) is 16.0. The fourth-order valence-electron chi connectivity index (χ4n) is 3.02. The first-order valence-electron chi connectivity index (χ1n) is 10.8. The van der Waals surface area contributed by atoms with Crippen LogP contribution in [-0.4, -0.2) is 64.6 Å². The van der Waals surface area contributed by atoms with Crippen LogP contribution in [0.25, 0.3) is 0 Å². The van der Waals surface area contributed by atoms with Crippen molar-refractivity contribution < 1.29 is 29.1 Å². The Morgan fingerprint density at radius 3 is 2.03 bits per heavy atom. The zero-order chi connectivity index (χ0) is 25.8. The van der Waals surface area contributed by atoms with Crippen LogP contribution in [-0.2, 0) is 30.4 Å². The molecule has 0 radical (unpaired) electrons. The minimum atomic E-state index is -1.36. The summed E-state index contributed by atoms with van der Waals surface area (Å²) in [5.41, 5.74) is 11.5. The van der Waals surface area contributed by atoms with E-state index >= 15 is 0 Å². The zero-order valence-corrected chi connectivity index (χ0v) is 20.1. The van der Waals surface area contributed by atoms with Crippen molar-refractivity contribution in [3.63, 3.8) is 0 Å². The minimum Gasteiger partial charge on any atom is -0.480 e. The minimum absolute atomic E-state index is 0.0738. The molecule has 4 unspecified atom stereocenters. The van der Waals surface area contributed by atoms with Crippen LogP contribution in [0.3, 0.4) is 0 Å². The highest BCUT2D eigenvalue weighted by molar-refractivity contribution is 7.80. The molecule has 0 saturated carbocycles. The molecule has 1 aromatic rings.